The summed E-state index contributed by atoms with van der Waals surface area (Å²) in [6, 6.07) is 25.5. The lowest BCUT2D eigenvalue weighted by Gasteiger charge is -2.10. The third-order valence-electron chi connectivity index (χ3n) is 3.39. The summed E-state index contributed by atoms with van der Waals surface area (Å²) in [5.41, 5.74) is 6.59. The first-order chi connectivity index (χ1) is 8.86. The van der Waals surface area contributed by atoms with Crippen LogP contribution in [0.25, 0.3) is 22.3 Å². The molecule has 18 heavy (non-hydrogen) atoms. The van der Waals surface area contributed by atoms with E-state index in [0.717, 1.165) is 0 Å². The summed E-state index contributed by atoms with van der Waals surface area (Å²) in [5, 5.41) is 0. The van der Waals surface area contributed by atoms with E-state index in [9.17, 15) is 0 Å². The molecule has 0 fully saturated rings. The topological polar surface area (TPSA) is 0 Å². The summed E-state index contributed by atoms with van der Waals surface area (Å²) in [4.78, 5) is 0. The monoisotopic (exact) mass is 231 g/mol. The summed E-state index contributed by atoms with van der Waals surface area (Å²) < 4.78 is 0. The molecule has 3 aromatic carbocycles. The van der Waals surface area contributed by atoms with Gasteiger partial charge in [-0.2, -0.15) is 0 Å². The predicted octanol–water partition coefficient (Wildman–Crippen LogP) is 5.05. The molecule has 0 radical (unpaired) electrons. The van der Waals surface area contributed by atoms with E-state index in [1.54, 1.807) is 0 Å². The average molecular weight is 231 g/mol. The quantitative estimate of drug-likeness (QED) is 0.541. The van der Waals surface area contributed by atoms with Gasteiger partial charge in [-0.05, 0) is 0 Å². The van der Waals surface area contributed by atoms with Gasteiger partial charge in [-0.15, -0.1) is 41.0 Å². The lowest BCUT2D eigenvalue weighted by Crippen LogP contribution is -1.80. The van der Waals surface area contributed by atoms with Crippen LogP contribution in [0.3, 0.4) is 0 Å². The smallest absolute Gasteiger partial charge is 0.0533 e. The molecule has 0 amide bonds. The maximum absolute atomic E-state index is 2.22. The molecule has 0 saturated carbocycles. The fraction of sp³-hybridized carbons (Fsp3) is 0.0556. The summed E-state index contributed by atoms with van der Waals surface area (Å²) in [6.07, 6.45) is 0. The van der Waals surface area contributed by atoms with Crippen molar-refractivity contribution in [3.63, 3.8) is 0 Å². The highest BCUT2D eigenvalue weighted by Crippen LogP contribution is 2.33. The van der Waals surface area contributed by atoms with E-state index in [1.165, 1.54) is 27.8 Å². The Kier molecular flexibility index (Phi) is 2.77. The third kappa shape index (κ3) is 1.86. The van der Waals surface area contributed by atoms with Crippen LogP contribution in [0, 0.1) is 6.92 Å². The van der Waals surface area contributed by atoms with Crippen LogP contribution in [-0.2, 0) is 0 Å². The Bertz CT molecular complexity index is 573. The Morgan fingerprint density at radius 1 is 0.722 bits per heavy atom. The molecule has 0 aliphatic heterocycles. The summed E-state index contributed by atoms with van der Waals surface area (Å²) in [5.74, 6) is 0. The standard InChI is InChI=1S/C18H15/c1-14-17(15-8-4-2-5-9-15)12-13-18(14)16-10-6-3-7-11-16/h2-13H,1H3/q-1. The highest BCUT2D eigenvalue weighted by atomic mass is 14.1. The van der Waals surface area contributed by atoms with Crippen molar-refractivity contribution in [1.29, 1.82) is 0 Å². The maximum atomic E-state index is 2.22. The zero-order valence-electron chi connectivity index (χ0n) is 10.4. The van der Waals surface area contributed by atoms with Crippen LogP contribution in [0.4, 0.5) is 0 Å². The SMILES string of the molecule is Cc1c(-c2ccccc2)cc[c-]1-c1ccccc1. The second kappa shape index (κ2) is 4.58. The second-order valence-corrected chi connectivity index (χ2v) is 4.52. The zero-order valence-corrected chi connectivity index (χ0v) is 10.4. The number of rotatable bonds is 2. The molecule has 0 atom stereocenters. The van der Waals surface area contributed by atoms with Gasteiger partial charge in [0.2, 0.25) is 0 Å². The van der Waals surface area contributed by atoms with Crippen molar-refractivity contribution < 1.29 is 0 Å². The van der Waals surface area contributed by atoms with Gasteiger partial charge < -0.3 is 0 Å². The van der Waals surface area contributed by atoms with Gasteiger partial charge >= 0.3 is 0 Å². The predicted molar refractivity (Wildman–Crippen MR) is 77.6 cm³/mol. The molecule has 0 aromatic heterocycles. The molecule has 3 rings (SSSR count). The molecule has 0 aliphatic carbocycles. The molecule has 0 unspecified atom stereocenters. The molecule has 0 heterocycles. The molecular weight excluding hydrogens is 216 g/mol. The van der Waals surface area contributed by atoms with E-state index in [4.69, 9.17) is 0 Å². The summed E-state index contributed by atoms with van der Waals surface area (Å²) in [6.45, 7) is 2.20. The Balaban J connectivity index is 2.09. The van der Waals surface area contributed by atoms with Crippen LogP contribution in [0.5, 0.6) is 0 Å². The molecule has 0 aliphatic rings. The molecule has 0 heteroatoms. The van der Waals surface area contributed by atoms with E-state index in [2.05, 4.69) is 79.7 Å². The maximum Gasteiger partial charge on any atom is -0.0533 e. The fourth-order valence-corrected chi connectivity index (χ4v) is 2.42. The van der Waals surface area contributed by atoms with Crippen LogP contribution in [0.2, 0.25) is 0 Å². The van der Waals surface area contributed by atoms with Gasteiger partial charge in [-0.3, -0.25) is 0 Å². The Morgan fingerprint density at radius 2 is 1.33 bits per heavy atom. The van der Waals surface area contributed by atoms with Crippen molar-refractivity contribution >= 4 is 0 Å². The van der Waals surface area contributed by atoms with Gasteiger partial charge in [0.1, 0.15) is 0 Å². The molecule has 88 valence electrons. The first-order valence-corrected chi connectivity index (χ1v) is 6.23. The van der Waals surface area contributed by atoms with E-state index in [1.807, 2.05) is 0 Å². The van der Waals surface area contributed by atoms with Gasteiger partial charge in [0.15, 0.2) is 0 Å². The molecule has 0 N–H and O–H groups in total. The zero-order chi connectivity index (χ0) is 12.4. The highest BCUT2D eigenvalue weighted by molar-refractivity contribution is 5.80. The molecule has 0 nitrogen and oxygen atoms in total. The third-order valence-corrected chi connectivity index (χ3v) is 3.39. The largest absolute Gasteiger partial charge is 0.144 e. The van der Waals surface area contributed by atoms with Gasteiger partial charge in [0, 0.05) is 0 Å². The Morgan fingerprint density at radius 3 is 2.00 bits per heavy atom. The minimum Gasteiger partial charge on any atom is -0.144 e. The first kappa shape index (κ1) is 10.9. The number of benzene rings is 2. The summed E-state index contributed by atoms with van der Waals surface area (Å²) >= 11 is 0. The molecule has 3 aromatic rings. The minimum absolute atomic E-state index is 1.29. The second-order valence-electron chi connectivity index (χ2n) is 4.52. The highest BCUT2D eigenvalue weighted by Gasteiger charge is 2.02. The minimum atomic E-state index is 1.29. The average Bonchev–Trinajstić information content (AvgIpc) is 2.83. The van der Waals surface area contributed by atoms with E-state index < -0.39 is 0 Å². The van der Waals surface area contributed by atoms with Crippen LogP contribution in [-0.4, -0.2) is 0 Å². The number of hydrogen-bond acceptors (Lipinski definition) is 0. The van der Waals surface area contributed by atoms with Gasteiger partial charge in [0.05, 0.1) is 0 Å². The molecule has 0 bridgehead atoms. The van der Waals surface area contributed by atoms with Crippen molar-refractivity contribution in [2.24, 2.45) is 0 Å². The molecular formula is C18H15-. The number of hydrogen-bond donors (Lipinski definition) is 0. The van der Waals surface area contributed by atoms with E-state index >= 15 is 0 Å². The van der Waals surface area contributed by atoms with E-state index in [0.29, 0.717) is 0 Å². The molecule has 0 spiro atoms. The molecule has 0 saturated heterocycles. The van der Waals surface area contributed by atoms with Gasteiger partial charge in [-0.1, -0.05) is 66.6 Å². The lowest BCUT2D eigenvalue weighted by atomic mass is 10.0. The lowest BCUT2D eigenvalue weighted by molar-refractivity contribution is 1.51. The van der Waals surface area contributed by atoms with Crippen molar-refractivity contribution in [2.45, 2.75) is 6.92 Å². The van der Waals surface area contributed by atoms with Crippen molar-refractivity contribution in [1.82, 2.24) is 0 Å². The van der Waals surface area contributed by atoms with Crippen LogP contribution >= 0.6 is 0 Å². The Hall–Kier alpha value is -2.21. The van der Waals surface area contributed by atoms with Crippen LogP contribution < -0.4 is 0 Å². The van der Waals surface area contributed by atoms with Crippen molar-refractivity contribution in [2.75, 3.05) is 0 Å². The van der Waals surface area contributed by atoms with Gasteiger partial charge in [0.25, 0.3) is 0 Å². The first-order valence-electron chi connectivity index (χ1n) is 6.23. The normalized spacial score (nSPS) is 10.5. The Labute approximate surface area is 108 Å². The van der Waals surface area contributed by atoms with Crippen LogP contribution in [0.15, 0.2) is 72.8 Å². The van der Waals surface area contributed by atoms with Crippen LogP contribution in [0.1, 0.15) is 5.56 Å². The van der Waals surface area contributed by atoms with Crippen molar-refractivity contribution in [3.8, 4) is 22.3 Å². The van der Waals surface area contributed by atoms with E-state index in [-0.39, 0.29) is 0 Å². The van der Waals surface area contributed by atoms with Crippen molar-refractivity contribution in [3.05, 3.63) is 78.4 Å². The fourth-order valence-electron chi connectivity index (χ4n) is 2.42. The summed E-state index contributed by atoms with van der Waals surface area (Å²) in [7, 11) is 0. The van der Waals surface area contributed by atoms with Gasteiger partial charge in [-0.25, -0.2) is 0 Å².